The van der Waals surface area contributed by atoms with Crippen LogP contribution in [0.25, 0.3) is 0 Å². The molecule has 0 spiro atoms. The number of aryl methyl sites for hydroxylation is 1. The van der Waals surface area contributed by atoms with Gasteiger partial charge in [0.15, 0.2) is 0 Å². The van der Waals surface area contributed by atoms with Crippen LogP contribution in [0.5, 0.6) is 0 Å². The van der Waals surface area contributed by atoms with E-state index in [1.807, 2.05) is 30.7 Å². The topological polar surface area (TPSA) is 50.1 Å². The molecule has 0 amide bonds. The summed E-state index contributed by atoms with van der Waals surface area (Å²) in [6, 6.07) is 5.64. The summed E-state index contributed by atoms with van der Waals surface area (Å²) in [4.78, 5) is 0. The quantitative estimate of drug-likeness (QED) is 0.796. The van der Waals surface area contributed by atoms with Crippen LogP contribution in [0.1, 0.15) is 35.5 Å². The third kappa shape index (κ3) is 4.85. The van der Waals surface area contributed by atoms with Gasteiger partial charge in [0.05, 0.1) is 18.8 Å². The first-order valence-corrected chi connectivity index (χ1v) is 8.01. The predicted molar refractivity (Wildman–Crippen MR) is 97.8 cm³/mol. The zero-order chi connectivity index (χ0) is 16.3. The molecular formula is C16H22Cl3N3O. The number of benzene rings is 1. The molecule has 1 atom stereocenters. The maximum absolute atomic E-state index is 9.06. The van der Waals surface area contributed by atoms with Gasteiger partial charge in [-0.25, -0.2) is 0 Å². The molecule has 1 unspecified atom stereocenters. The van der Waals surface area contributed by atoms with Crippen molar-refractivity contribution in [2.24, 2.45) is 0 Å². The van der Waals surface area contributed by atoms with Crippen molar-refractivity contribution < 1.29 is 5.11 Å². The summed E-state index contributed by atoms with van der Waals surface area (Å²) in [6.45, 7) is 7.38. The Morgan fingerprint density at radius 3 is 2.61 bits per heavy atom. The van der Waals surface area contributed by atoms with Gasteiger partial charge in [0, 0.05) is 33.9 Å². The molecule has 0 aliphatic carbocycles. The molecule has 0 radical (unpaired) electrons. The second kappa shape index (κ2) is 8.90. The fourth-order valence-electron chi connectivity index (χ4n) is 2.52. The Balaban J connectivity index is 0.00000264. The first-order valence-electron chi connectivity index (χ1n) is 7.26. The summed E-state index contributed by atoms with van der Waals surface area (Å²) in [5, 5.41) is 18.3. The van der Waals surface area contributed by atoms with E-state index in [4.69, 9.17) is 28.3 Å². The highest BCUT2D eigenvalue weighted by Gasteiger charge is 2.14. The van der Waals surface area contributed by atoms with Crippen LogP contribution in [0.4, 0.5) is 0 Å². The Labute approximate surface area is 153 Å². The first-order chi connectivity index (χ1) is 10.4. The van der Waals surface area contributed by atoms with Crippen LogP contribution in [0.2, 0.25) is 10.0 Å². The molecule has 0 fully saturated rings. The van der Waals surface area contributed by atoms with Crippen LogP contribution in [0, 0.1) is 13.8 Å². The summed E-state index contributed by atoms with van der Waals surface area (Å²) in [6.07, 6.45) is 0. The van der Waals surface area contributed by atoms with Gasteiger partial charge in [-0.2, -0.15) is 5.10 Å². The van der Waals surface area contributed by atoms with E-state index >= 15 is 0 Å². The van der Waals surface area contributed by atoms with Crippen molar-refractivity contribution in [3.8, 4) is 0 Å². The van der Waals surface area contributed by atoms with E-state index in [0.29, 0.717) is 23.1 Å². The molecule has 0 bridgehead atoms. The monoisotopic (exact) mass is 377 g/mol. The van der Waals surface area contributed by atoms with Gasteiger partial charge in [-0.3, -0.25) is 4.68 Å². The zero-order valence-electron chi connectivity index (χ0n) is 13.4. The predicted octanol–water partition coefficient (Wildman–Crippen LogP) is 4.07. The van der Waals surface area contributed by atoms with Crippen molar-refractivity contribution in [1.82, 2.24) is 15.1 Å². The molecule has 7 heteroatoms. The summed E-state index contributed by atoms with van der Waals surface area (Å²) >= 11 is 12.2. The molecule has 0 saturated heterocycles. The Hall–Kier alpha value is -0.780. The Bertz CT molecular complexity index is 658. The minimum Gasteiger partial charge on any atom is -0.394 e. The number of nitrogens with one attached hydrogen (secondary N) is 1. The van der Waals surface area contributed by atoms with Crippen LogP contribution >= 0.6 is 35.6 Å². The number of halogens is 3. The largest absolute Gasteiger partial charge is 0.394 e. The molecular weight excluding hydrogens is 357 g/mol. The molecule has 1 aromatic heterocycles. The van der Waals surface area contributed by atoms with Gasteiger partial charge in [0.25, 0.3) is 0 Å². The number of aromatic nitrogens is 2. The first kappa shape index (κ1) is 20.3. The van der Waals surface area contributed by atoms with Gasteiger partial charge in [0.2, 0.25) is 0 Å². The highest BCUT2D eigenvalue weighted by Crippen LogP contribution is 2.26. The van der Waals surface area contributed by atoms with E-state index in [1.54, 1.807) is 6.07 Å². The SMILES string of the molecule is Cc1nn(CCO)c(C)c1CNC(C)c1ccc(Cl)cc1Cl.Cl. The molecule has 128 valence electrons. The lowest BCUT2D eigenvalue weighted by Crippen LogP contribution is -2.19. The van der Waals surface area contributed by atoms with Crippen molar-refractivity contribution in [2.75, 3.05) is 6.61 Å². The molecule has 2 rings (SSSR count). The highest BCUT2D eigenvalue weighted by molar-refractivity contribution is 6.35. The number of hydrogen-bond donors (Lipinski definition) is 2. The Kier molecular flexibility index (Phi) is 7.84. The maximum Gasteiger partial charge on any atom is 0.0644 e. The van der Waals surface area contributed by atoms with Gasteiger partial charge in [-0.1, -0.05) is 29.3 Å². The average Bonchev–Trinajstić information content (AvgIpc) is 2.71. The number of rotatable bonds is 6. The van der Waals surface area contributed by atoms with Crippen molar-refractivity contribution in [1.29, 1.82) is 0 Å². The van der Waals surface area contributed by atoms with Crippen LogP contribution in [-0.4, -0.2) is 21.5 Å². The zero-order valence-corrected chi connectivity index (χ0v) is 15.8. The van der Waals surface area contributed by atoms with Crippen molar-refractivity contribution in [2.45, 2.75) is 39.9 Å². The van der Waals surface area contributed by atoms with E-state index in [9.17, 15) is 0 Å². The molecule has 2 aromatic rings. The summed E-state index contributed by atoms with van der Waals surface area (Å²) in [7, 11) is 0. The van der Waals surface area contributed by atoms with E-state index in [0.717, 1.165) is 22.5 Å². The Morgan fingerprint density at radius 1 is 1.30 bits per heavy atom. The highest BCUT2D eigenvalue weighted by atomic mass is 35.5. The normalized spacial score (nSPS) is 12.1. The van der Waals surface area contributed by atoms with Crippen molar-refractivity contribution in [3.63, 3.8) is 0 Å². The van der Waals surface area contributed by atoms with Crippen LogP contribution in [-0.2, 0) is 13.1 Å². The van der Waals surface area contributed by atoms with E-state index in [1.165, 1.54) is 0 Å². The van der Waals surface area contributed by atoms with Crippen molar-refractivity contribution in [3.05, 3.63) is 50.8 Å². The van der Waals surface area contributed by atoms with Crippen LogP contribution in [0.15, 0.2) is 18.2 Å². The second-order valence-corrected chi connectivity index (χ2v) is 6.21. The lowest BCUT2D eigenvalue weighted by molar-refractivity contribution is 0.267. The van der Waals surface area contributed by atoms with Crippen molar-refractivity contribution >= 4 is 35.6 Å². The molecule has 23 heavy (non-hydrogen) atoms. The second-order valence-electron chi connectivity index (χ2n) is 5.36. The Morgan fingerprint density at radius 2 is 2.00 bits per heavy atom. The van der Waals surface area contributed by atoms with Gasteiger partial charge in [-0.15, -0.1) is 12.4 Å². The third-order valence-corrected chi connectivity index (χ3v) is 4.42. The molecule has 0 aliphatic rings. The summed E-state index contributed by atoms with van der Waals surface area (Å²) in [5.41, 5.74) is 4.23. The average molecular weight is 379 g/mol. The van der Waals surface area contributed by atoms with E-state index in [2.05, 4.69) is 17.3 Å². The number of hydrogen-bond acceptors (Lipinski definition) is 3. The fraction of sp³-hybridized carbons (Fsp3) is 0.438. The molecule has 0 saturated carbocycles. The maximum atomic E-state index is 9.06. The standard InChI is InChI=1S/C16H21Cl2N3O.ClH/c1-10(14-5-4-13(17)8-16(14)18)19-9-15-11(2)20-21(6-7-22)12(15)3;/h4-5,8,10,19,22H,6-7,9H2,1-3H3;1H. The lowest BCUT2D eigenvalue weighted by Gasteiger charge is -2.16. The smallest absolute Gasteiger partial charge is 0.0644 e. The molecule has 2 N–H and O–H groups in total. The van der Waals surface area contributed by atoms with Gasteiger partial charge >= 0.3 is 0 Å². The lowest BCUT2D eigenvalue weighted by atomic mass is 10.1. The van der Waals surface area contributed by atoms with Gasteiger partial charge in [-0.05, 0) is 38.5 Å². The molecule has 1 aromatic carbocycles. The van der Waals surface area contributed by atoms with Gasteiger partial charge < -0.3 is 10.4 Å². The minimum atomic E-state index is 0. The number of aliphatic hydroxyl groups is 1. The molecule has 1 heterocycles. The van der Waals surface area contributed by atoms with Crippen LogP contribution in [0.3, 0.4) is 0 Å². The molecule has 4 nitrogen and oxygen atoms in total. The van der Waals surface area contributed by atoms with Crippen LogP contribution < -0.4 is 5.32 Å². The number of nitrogens with zero attached hydrogens (tertiary/aromatic N) is 2. The number of aliphatic hydroxyl groups excluding tert-OH is 1. The van der Waals surface area contributed by atoms with Gasteiger partial charge in [0.1, 0.15) is 0 Å². The summed E-state index contributed by atoms with van der Waals surface area (Å²) < 4.78 is 1.84. The third-order valence-electron chi connectivity index (χ3n) is 3.86. The summed E-state index contributed by atoms with van der Waals surface area (Å²) in [5.74, 6) is 0. The fourth-order valence-corrected chi connectivity index (χ4v) is 3.09. The van der Waals surface area contributed by atoms with E-state index < -0.39 is 0 Å². The molecule has 0 aliphatic heterocycles. The minimum absolute atomic E-state index is 0. The van der Waals surface area contributed by atoms with E-state index in [-0.39, 0.29) is 25.1 Å².